The minimum absolute atomic E-state index is 0.0205. The highest BCUT2D eigenvalue weighted by Gasteiger charge is 2.51. The van der Waals surface area contributed by atoms with E-state index in [9.17, 15) is 4.79 Å². The molecule has 0 bridgehead atoms. The van der Waals surface area contributed by atoms with Gasteiger partial charge >= 0.3 is 0 Å². The van der Waals surface area contributed by atoms with Crippen LogP contribution in [0.25, 0.3) is 11.0 Å². The zero-order chi connectivity index (χ0) is 19.8. The Morgan fingerprint density at radius 2 is 2.03 bits per heavy atom. The van der Waals surface area contributed by atoms with Gasteiger partial charge < -0.3 is 15.0 Å². The summed E-state index contributed by atoms with van der Waals surface area (Å²) in [6.07, 6.45) is 1.68. The van der Waals surface area contributed by atoms with Crippen molar-refractivity contribution in [2.75, 3.05) is 31.6 Å². The molecule has 0 radical (unpaired) electrons. The lowest BCUT2D eigenvalue weighted by Gasteiger charge is -2.25. The monoisotopic (exact) mass is 410 g/mol. The van der Waals surface area contributed by atoms with Crippen LogP contribution in [0.3, 0.4) is 0 Å². The van der Waals surface area contributed by atoms with Gasteiger partial charge in [-0.3, -0.25) is 9.69 Å². The summed E-state index contributed by atoms with van der Waals surface area (Å²) in [5, 5.41) is 3.75. The first-order valence-corrected chi connectivity index (χ1v) is 10.4. The Morgan fingerprint density at radius 3 is 2.79 bits per heavy atom. The molecule has 2 aliphatic rings. The molecule has 0 spiro atoms. The van der Waals surface area contributed by atoms with E-state index in [-0.39, 0.29) is 5.91 Å². The number of H-pyrrole nitrogens is 1. The van der Waals surface area contributed by atoms with Crippen LogP contribution in [0.2, 0.25) is 5.02 Å². The van der Waals surface area contributed by atoms with Gasteiger partial charge in [-0.05, 0) is 48.7 Å². The van der Waals surface area contributed by atoms with Gasteiger partial charge in [-0.25, -0.2) is 4.98 Å². The van der Waals surface area contributed by atoms with Crippen molar-refractivity contribution < 1.29 is 9.53 Å². The first-order chi connectivity index (χ1) is 14.1. The second kappa shape index (κ2) is 7.44. The van der Waals surface area contributed by atoms with Crippen molar-refractivity contribution in [1.82, 2.24) is 14.9 Å². The fourth-order valence-corrected chi connectivity index (χ4v) is 4.19. The van der Waals surface area contributed by atoms with E-state index in [4.69, 9.17) is 16.3 Å². The van der Waals surface area contributed by atoms with E-state index in [0.717, 1.165) is 73.8 Å². The van der Waals surface area contributed by atoms with Crippen molar-refractivity contribution in [3.8, 4) is 0 Å². The highest BCUT2D eigenvalue weighted by molar-refractivity contribution is 6.30. The second-order valence-corrected chi connectivity index (χ2v) is 8.29. The summed E-state index contributed by atoms with van der Waals surface area (Å²) >= 11 is 6.13. The number of aromatic amines is 1. The Balaban J connectivity index is 1.32. The molecule has 3 aromatic rings. The molecule has 1 saturated carbocycles. The number of rotatable bonds is 5. The van der Waals surface area contributed by atoms with Crippen LogP contribution in [0.15, 0.2) is 42.5 Å². The molecule has 2 N–H and O–H groups in total. The zero-order valence-corrected chi connectivity index (χ0v) is 16.8. The van der Waals surface area contributed by atoms with Gasteiger partial charge in [0.05, 0.1) is 36.2 Å². The number of nitrogens with zero attached hydrogens (tertiary/aromatic N) is 2. The third-order valence-corrected chi connectivity index (χ3v) is 6.06. The average molecular weight is 411 g/mol. The van der Waals surface area contributed by atoms with Crippen LogP contribution >= 0.6 is 11.6 Å². The minimum atomic E-state index is -0.463. The molecule has 0 atom stereocenters. The maximum absolute atomic E-state index is 13.0. The fourth-order valence-electron chi connectivity index (χ4n) is 3.99. The van der Waals surface area contributed by atoms with Crippen LogP contribution in [0.1, 0.15) is 24.2 Å². The van der Waals surface area contributed by atoms with Gasteiger partial charge in [0.15, 0.2) is 0 Å². The van der Waals surface area contributed by atoms with Crippen LogP contribution in [-0.4, -0.2) is 47.1 Å². The van der Waals surface area contributed by atoms with Gasteiger partial charge in [0, 0.05) is 23.8 Å². The van der Waals surface area contributed by atoms with Crippen LogP contribution < -0.4 is 5.32 Å². The molecule has 0 unspecified atom stereocenters. The third kappa shape index (κ3) is 3.75. The lowest BCUT2D eigenvalue weighted by molar-refractivity contribution is -0.118. The number of morpholine rings is 1. The zero-order valence-electron chi connectivity index (χ0n) is 16.1. The minimum Gasteiger partial charge on any atom is -0.379 e. The van der Waals surface area contributed by atoms with Gasteiger partial charge in [0.2, 0.25) is 5.91 Å². The fraction of sp³-hybridized carbons (Fsp3) is 0.364. The largest absolute Gasteiger partial charge is 0.379 e. The van der Waals surface area contributed by atoms with Crippen molar-refractivity contribution in [2.45, 2.75) is 24.8 Å². The molecule has 1 amide bonds. The van der Waals surface area contributed by atoms with E-state index >= 15 is 0 Å². The number of aromatic nitrogens is 2. The number of hydrogen-bond acceptors (Lipinski definition) is 4. The van der Waals surface area contributed by atoms with E-state index in [0.29, 0.717) is 5.02 Å². The number of carbonyl (C=O) groups is 1. The molecule has 1 aromatic heterocycles. The number of benzene rings is 2. The molecule has 2 aromatic carbocycles. The molecule has 1 saturated heterocycles. The van der Waals surface area contributed by atoms with Gasteiger partial charge in [0.25, 0.3) is 0 Å². The molecular formula is C22H23ClN4O2. The topological polar surface area (TPSA) is 70.2 Å². The predicted molar refractivity (Wildman–Crippen MR) is 113 cm³/mol. The number of nitrogens with one attached hydrogen (secondary N) is 2. The van der Waals surface area contributed by atoms with E-state index in [1.54, 1.807) is 0 Å². The molecule has 150 valence electrons. The Kier molecular flexibility index (Phi) is 4.78. The molecule has 1 aliphatic carbocycles. The van der Waals surface area contributed by atoms with Crippen molar-refractivity contribution >= 4 is 34.2 Å². The average Bonchev–Trinajstić information content (AvgIpc) is 3.44. The number of carbonyl (C=O) groups excluding carboxylic acids is 1. The van der Waals surface area contributed by atoms with Crippen molar-refractivity contribution in [3.63, 3.8) is 0 Å². The highest BCUT2D eigenvalue weighted by Crippen LogP contribution is 2.49. The van der Waals surface area contributed by atoms with E-state index in [1.165, 1.54) is 0 Å². The van der Waals surface area contributed by atoms with Crippen LogP contribution in [0.4, 0.5) is 5.69 Å². The van der Waals surface area contributed by atoms with Crippen molar-refractivity contribution in [3.05, 3.63) is 58.9 Å². The molecule has 5 rings (SSSR count). The van der Waals surface area contributed by atoms with Gasteiger partial charge in [0.1, 0.15) is 5.82 Å². The normalized spacial score (nSPS) is 18.7. The van der Waals surface area contributed by atoms with E-state index < -0.39 is 5.41 Å². The maximum atomic E-state index is 13.0. The molecule has 6 nitrogen and oxygen atoms in total. The molecule has 2 heterocycles. The summed E-state index contributed by atoms with van der Waals surface area (Å²) in [6.45, 7) is 4.15. The predicted octanol–water partition coefficient (Wildman–Crippen LogP) is 3.72. The quantitative estimate of drug-likeness (QED) is 0.672. The highest BCUT2D eigenvalue weighted by atomic mass is 35.5. The first kappa shape index (κ1) is 18.6. The van der Waals surface area contributed by atoms with E-state index in [2.05, 4.69) is 20.2 Å². The summed E-state index contributed by atoms with van der Waals surface area (Å²) in [6, 6.07) is 13.4. The van der Waals surface area contributed by atoms with Crippen LogP contribution in [0.5, 0.6) is 0 Å². The second-order valence-electron chi connectivity index (χ2n) is 7.85. The maximum Gasteiger partial charge on any atom is 0.235 e. The lowest BCUT2D eigenvalue weighted by atomic mass is 9.95. The Labute approximate surface area is 174 Å². The number of amides is 1. The summed E-state index contributed by atoms with van der Waals surface area (Å²) in [4.78, 5) is 23.4. The molecule has 1 aliphatic heterocycles. The number of anilines is 1. The molecule has 7 heteroatoms. The van der Waals surface area contributed by atoms with Gasteiger partial charge in [-0.15, -0.1) is 0 Å². The number of hydrogen-bond donors (Lipinski definition) is 2. The Hall–Kier alpha value is -2.41. The van der Waals surface area contributed by atoms with Crippen molar-refractivity contribution in [1.29, 1.82) is 0 Å². The first-order valence-electron chi connectivity index (χ1n) is 9.99. The number of ether oxygens (including phenoxy) is 1. The van der Waals surface area contributed by atoms with Crippen molar-refractivity contribution in [2.24, 2.45) is 0 Å². The SMILES string of the molecule is O=C(Nc1ccc2nc(CN3CCOCC3)[nH]c2c1)C1(c2cccc(Cl)c2)CC1. The molecule has 29 heavy (non-hydrogen) atoms. The Morgan fingerprint density at radius 1 is 1.21 bits per heavy atom. The smallest absolute Gasteiger partial charge is 0.235 e. The van der Waals surface area contributed by atoms with Gasteiger partial charge in [-0.2, -0.15) is 0 Å². The van der Waals surface area contributed by atoms with Gasteiger partial charge in [-0.1, -0.05) is 23.7 Å². The summed E-state index contributed by atoms with van der Waals surface area (Å²) in [5.74, 6) is 0.954. The molecule has 2 fully saturated rings. The number of fused-ring (bicyclic) bond motifs is 1. The standard InChI is InChI=1S/C22H23ClN4O2/c23-16-3-1-2-15(12-16)22(6-7-22)21(28)24-17-4-5-18-19(13-17)26-20(25-18)14-27-8-10-29-11-9-27/h1-5,12-13H,6-11,14H2,(H,24,28)(H,25,26). The Bertz CT molecular complexity index is 1050. The summed E-state index contributed by atoms with van der Waals surface area (Å²) in [5.41, 5.74) is 3.13. The molecular weight excluding hydrogens is 388 g/mol. The van der Waals surface area contributed by atoms with Crippen LogP contribution in [0, 0.1) is 0 Å². The third-order valence-electron chi connectivity index (χ3n) is 5.83. The number of halogens is 1. The summed E-state index contributed by atoms with van der Waals surface area (Å²) in [7, 11) is 0. The number of imidazole rings is 1. The van der Waals surface area contributed by atoms with Crippen LogP contribution in [-0.2, 0) is 21.5 Å². The summed E-state index contributed by atoms with van der Waals surface area (Å²) < 4.78 is 5.40. The van der Waals surface area contributed by atoms with E-state index in [1.807, 2.05) is 42.5 Å². The lowest BCUT2D eigenvalue weighted by Crippen LogP contribution is -2.35.